The Balaban J connectivity index is 3.78. The molecule has 1 atom stereocenters. The lowest BCUT2D eigenvalue weighted by molar-refractivity contribution is -0.131. The summed E-state index contributed by atoms with van der Waals surface area (Å²) in [6.45, 7) is 10.9. The lowest BCUT2D eigenvalue weighted by Crippen LogP contribution is -2.45. The first-order valence-electron chi connectivity index (χ1n) is 6.05. The predicted octanol–water partition coefficient (Wildman–Crippen LogP) is 0.263. The fourth-order valence-corrected chi connectivity index (χ4v) is 1.18. The van der Waals surface area contributed by atoms with Crippen LogP contribution in [0.2, 0.25) is 0 Å². The second-order valence-corrected chi connectivity index (χ2v) is 5.20. The lowest BCUT2D eigenvalue weighted by atomic mass is 9.96. The Morgan fingerprint density at radius 3 is 2.24 bits per heavy atom. The summed E-state index contributed by atoms with van der Waals surface area (Å²) in [6.07, 6.45) is 0. The van der Waals surface area contributed by atoms with Crippen LogP contribution < -0.4 is 16.0 Å². The van der Waals surface area contributed by atoms with Crippen LogP contribution in [0, 0.1) is 5.41 Å². The molecule has 3 N–H and O–H groups in total. The van der Waals surface area contributed by atoms with Gasteiger partial charge in [0.05, 0.1) is 6.54 Å². The Labute approximate surface area is 104 Å². The molecule has 5 nitrogen and oxygen atoms in total. The van der Waals surface area contributed by atoms with Gasteiger partial charge in [-0.25, -0.2) is 0 Å². The molecule has 0 aromatic carbocycles. The third-order valence-corrected chi connectivity index (χ3v) is 2.25. The molecule has 0 unspecified atom stereocenters. The minimum atomic E-state index is -0.461. The van der Waals surface area contributed by atoms with E-state index in [0.717, 1.165) is 6.54 Å². The molecule has 0 aromatic heterocycles. The van der Waals surface area contributed by atoms with Crippen molar-refractivity contribution in [1.82, 2.24) is 16.0 Å². The number of carbonyl (C=O) groups excluding carboxylic acids is 2. The van der Waals surface area contributed by atoms with Crippen molar-refractivity contribution in [3.8, 4) is 0 Å². The van der Waals surface area contributed by atoms with Gasteiger partial charge in [0.1, 0.15) is 0 Å². The molecular weight excluding hydrogens is 218 g/mol. The Hall–Kier alpha value is -1.10. The summed E-state index contributed by atoms with van der Waals surface area (Å²) >= 11 is 0. The molecule has 0 radical (unpaired) electrons. The van der Waals surface area contributed by atoms with E-state index in [9.17, 15) is 9.59 Å². The normalized spacial score (nSPS) is 13.0. The van der Waals surface area contributed by atoms with Crippen molar-refractivity contribution in [3.05, 3.63) is 0 Å². The highest BCUT2D eigenvalue weighted by Crippen LogP contribution is 2.11. The molecule has 100 valence electrons. The van der Waals surface area contributed by atoms with Gasteiger partial charge in [-0.15, -0.1) is 0 Å². The third kappa shape index (κ3) is 7.74. The maximum Gasteiger partial charge on any atom is 0.239 e. The zero-order valence-electron chi connectivity index (χ0n) is 11.5. The van der Waals surface area contributed by atoms with Crippen LogP contribution in [0.15, 0.2) is 0 Å². The van der Waals surface area contributed by atoms with Crippen LogP contribution in [-0.4, -0.2) is 37.5 Å². The Bertz CT molecular complexity index is 259. The number of nitrogens with one attached hydrogen (secondary N) is 3. The molecule has 0 aliphatic rings. The number of hydrogen-bond acceptors (Lipinski definition) is 3. The van der Waals surface area contributed by atoms with E-state index in [1.807, 2.05) is 34.6 Å². The van der Waals surface area contributed by atoms with Crippen molar-refractivity contribution in [2.45, 2.75) is 40.7 Å². The molecule has 17 heavy (non-hydrogen) atoms. The van der Waals surface area contributed by atoms with Gasteiger partial charge in [0.25, 0.3) is 0 Å². The van der Waals surface area contributed by atoms with Crippen LogP contribution in [0.25, 0.3) is 0 Å². The smallest absolute Gasteiger partial charge is 0.239 e. The predicted molar refractivity (Wildman–Crippen MR) is 68.6 cm³/mol. The van der Waals surface area contributed by atoms with Gasteiger partial charge in [-0.3, -0.25) is 9.59 Å². The van der Waals surface area contributed by atoms with Crippen molar-refractivity contribution in [3.63, 3.8) is 0 Å². The minimum Gasteiger partial charge on any atom is -0.353 e. The van der Waals surface area contributed by atoms with Gasteiger partial charge in [0, 0.05) is 18.0 Å². The summed E-state index contributed by atoms with van der Waals surface area (Å²) in [5.74, 6) is -0.278. The van der Waals surface area contributed by atoms with Crippen molar-refractivity contribution in [1.29, 1.82) is 0 Å². The molecule has 0 aromatic rings. The van der Waals surface area contributed by atoms with Crippen LogP contribution in [0.4, 0.5) is 0 Å². The SMILES string of the molecule is CCN[C@H](C)CNC(=O)CNC(=O)C(C)(C)C. The number of carbonyl (C=O) groups is 2. The molecule has 0 aliphatic carbocycles. The van der Waals surface area contributed by atoms with E-state index < -0.39 is 5.41 Å². The highest BCUT2D eigenvalue weighted by Gasteiger charge is 2.21. The first kappa shape index (κ1) is 15.9. The zero-order chi connectivity index (χ0) is 13.5. The first-order valence-corrected chi connectivity index (χ1v) is 6.05. The molecule has 0 bridgehead atoms. The fourth-order valence-electron chi connectivity index (χ4n) is 1.18. The van der Waals surface area contributed by atoms with Crippen LogP contribution in [-0.2, 0) is 9.59 Å². The molecule has 0 rings (SSSR count). The number of likely N-dealkylation sites (N-methyl/N-ethyl adjacent to an activating group) is 1. The first-order chi connectivity index (χ1) is 7.77. The molecule has 0 spiro atoms. The number of hydrogen-bond donors (Lipinski definition) is 3. The molecular formula is C12H25N3O2. The van der Waals surface area contributed by atoms with Crippen LogP contribution >= 0.6 is 0 Å². The Kier molecular flexibility index (Phi) is 6.80. The quantitative estimate of drug-likeness (QED) is 0.627. The van der Waals surface area contributed by atoms with Gasteiger partial charge in [0.15, 0.2) is 0 Å². The van der Waals surface area contributed by atoms with Crippen molar-refractivity contribution in [2.24, 2.45) is 5.41 Å². The topological polar surface area (TPSA) is 70.2 Å². The molecule has 0 saturated carbocycles. The molecule has 0 heterocycles. The number of amides is 2. The lowest BCUT2D eigenvalue weighted by Gasteiger charge is -2.18. The van der Waals surface area contributed by atoms with Gasteiger partial charge in [-0.2, -0.15) is 0 Å². The highest BCUT2D eigenvalue weighted by atomic mass is 16.2. The summed E-state index contributed by atoms with van der Waals surface area (Å²) < 4.78 is 0. The minimum absolute atomic E-state index is 0.0367. The summed E-state index contributed by atoms with van der Waals surface area (Å²) in [7, 11) is 0. The van der Waals surface area contributed by atoms with Gasteiger partial charge in [0.2, 0.25) is 11.8 Å². The average molecular weight is 243 g/mol. The van der Waals surface area contributed by atoms with E-state index in [2.05, 4.69) is 16.0 Å². The summed E-state index contributed by atoms with van der Waals surface area (Å²) in [5, 5.41) is 8.55. The Morgan fingerprint density at radius 1 is 1.18 bits per heavy atom. The maximum atomic E-state index is 11.5. The largest absolute Gasteiger partial charge is 0.353 e. The molecule has 0 aliphatic heterocycles. The molecule has 0 saturated heterocycles. The average Bonchev–Trinajstić information content (AvgIpc) is 2.22. The van der Waals surface area contributed by atoms with Gasteiger partial charge in [-0.05, 0) is 13.5 Å². The summed E-state index contributed by atoms with van der Waals surface area (Å²) in [4.78, 5) is 22.9. The molecule has 0 fully saturated rings. The Morgan fingerprint density at radius 2 is 1.76 bits per heavy atom. The summed E-state index contributed by atoms with van der Waals surface area (Å²) in [6, 6.07) is 0.238. The van der Waals surface area contributed by atoms with E-state index in [1.54, 1.807) is 0 Å². The molecule has 2 amide bonds. The van der Waals surface area contributed by atoms with Gasteiger partial charge < -0.3 is 16.0 Å². The molecule has 5 heteroatoms. The maximum absolute atomic E-state index is 11.5. The fraction of sp³-hybridized carbons (Fsp3) is 0.833. The van der Waals surface area contributed by atoms with E-state index in [1.165, 1.54) is 0 Å². The standard InChI is InChI=1S/C12H25N3O2/c1-6-13-9(2)7-14-10(16)8-15-11(17)12(3,4)5/h9,13H,6-8H2,1-5H3,(H,14,16)(H,15,17)/t9-/m1/s1. The van der Waals surface area contributed by atoms with Gasteiger partial charge in [-0.1, -0.05) is 27.7 Å². The van der Waals surface area contributed by atoms with E-state index >= 15 is 0 Å². The number of rotatable bonds is 6. The van der Waals surface area contributed by atoms with Crippen LogP contribution in [0.1, 0.15) is 34.6 Å². The van der Waals surface area contributed by atoms with E-state index in [0.29, 0.717) is 6.54 Å². The third-order valence-electron chi connectivity index (χ3n) is 2.25. The van der Waals surface area contributed by atoms with Crippen molar-refractivity contribution in [2.75, 3.05) is 19.6 Å². The highest BCUT2D eigenvalue weighted by molar-refractivity contribution is 5.87. The van der Waals surface area contributed by atoms with Crippen LogP contribution in [0.5, 0.6) is 0 Å². The van der Waals surface area contributed by atoms with Crippen molar-refractivity contribution < 1.29 is 9.59 Å². The monoisotopic (exact) mass is 243 g/mol. The second-order valence-electron chi connectivity index (χ2n) is 5.20. The second kappa shape index (κ2) is 7.27. The van der Waals surface area contributed by atoms with Gasteiger partial charge >= 0.3 is 0 Å². The van der Waals surface area contributed by atoms with Crippen molar-refractivity contribution >= 4 is 11.8 Å². The van der Waals surface area contributed by atoms with Crippen LogP contribution in [0.3, 0.4) is 0 Å². The zero-order valence-corrected chi connectivity index (χ0v) is 11.5. The van der Waals surface area contributed by atoms with E-state index in [4.69, 9.17) is 0 Å². The summed E-state index contributed by atoms with van der Waals surface area (Å²) in [5.41, 5.74) is -0.461. The van der Waals surface area contributed by atoms with E-state index in [-0.39, 0.29) is 24.4 Å².